The molecule has 3 aliphatic rings. The normalized spacial score (nSPS) is 22.8. The number of hydrogen-bond acceptors (Lipinski definition) is 4. The zero-order valence-corrected chi connectivity index (χ0v) is 20.0. The number of aryl methyl sites for hydroxylation is 1. The minimum Gasteiger partial charge on any atom is -0.377 e. The average Bonchev–Trinajstić information content (AvgIpc) is 3.55. The predicted octanol–water partition coefficient (Wildman–Crippen LogP) is 4.07. The number of piperidine rings is 1. The summed E-state index contributed by atoms with van der Waals surface area (Å²) in [6.07, 6.45) is 10.1. The van der Waals surface area contributed by atoms with Gasteiger partial charge in [0.2, 0.25) is 0 Å². The second-order valence-electron chi connectivity index (χ2n) is 10.2. The predicted molar refractivity (Wildman–Crippen MR) is 129 cm³/mol. The lowest BCUT2D eigenvalue weighted by Crippen LogP contribution is -2.44. The van der Waals surface area contributed by atoms with E-state index in [9.17, 15) is 0 Å². The first-order chi connectivity index (χ1) is 15.7. The highest BCUT2D eigenvalue weighted by molar-refractivity contribution is 5.33. The van der Waals surface area contributed by atoms with E-state index in [0.717, 1.165) is 38.2 Å². The molecule has 3 heterocycles. The number of benzene rings is 1. The van der Waals surface area contributed by atoms with Gasteiger partial charge in [0.1, 0.15) is 0 Å². The molecule has 2 aromatic rings. The van der Waals surface area contributed by atoms with Crippen LogP contribution in [-0.2, 0) is 30.7 Å². The summed E-state index contributed by atoms with van der Waals surface area (Å²) >= 11 is 0. The van der Waals surface area contributed by atoms with Crippen LogP contribution in [0.2, 0.25) is 0 Å². The number of hydrogen-bond donors (Lipinski definition) is 0. The van der Waals surface area contributed by atoms with E-state index in [1.165, 1.54) is 69.4 Å². The van der Waals surface area contributed by atoms with Crippen LogP contribution in [0.25, 0.3) is 0 Å². The Balaban J connectivity index is 1.17. The molecule has 2 aliphatic heterocycles. The van der Waals surface area contributed by atoms with Gasteiger partial charge in [-0.1, -0.05) is 24.3 Å². The van der Waals surface area contributed by atoms with E-state index in [1.54, 1.807) is 11.1 Å². The fourth-order valence-electron chi connectivity index (χ4n) is 6.14. The van der Waals surface area contributed by atoms with Crippen molar-refractivity contribution in [2.24, 2.45) is 5.92 Å². The molecule has 1 aliphatic carbocycles. The Labute approximate surface area is 193 Å². The van der Waals surface area contributed by atoms with Gasteiger partial charge in [-0.15, -0.1) is 0 Å². The summed E-state index contributed by atoms with van der Waals surface area (Å²) in [5.41, 5.74) is 5.85. The van der Waals surface area contributed by atoms with Gasteiger partial charge in [-0.3, -0.25) is 14.5 Å². The highest BCUT2D eigenvalue weighted by atomic mass is 16.5. The molecule has 2 fully saturated rings. The summed E-state index contributed by atoms with van der Waals surface area (Å²) in [5, 5.41) is 4.59. The molecule has 1 atom stereocenters. The van der Waals surface area contributed by atoms with Crippen LogP contribution in [0.1, 0.15) is 55.0 Å². The third-order valence-corrected chi connectivity index (χ3v) is 8.10. The number of aromatic nitrogens is 2. The van der Waals surface area contributed by atoms with E-state index >= 15 is 0 Å². The van der Waals surface area contributed by atoms with Crippen molar-refractivity contribution >= 4 is 0 Å². The first kappa shape index (κ1) is 22.1. The minimum atomic E-state index is 0.411. The molecule has 1 aromatic carbocycles. The van der Waals surface area contributed by atoms with E-state index < -0.39 is 0 Å². The van der Waals surface area contributed by atoms with Gasteiger partial charge in [-0.25, -0.2) is 0 Å². The second-order valence-corrected chi connectivity index (χ2v) is 10.2. The molecule has 174 valence electrons. The van der Waals surface area contributed by atoms with Crippen molar-refractivity contribution in [3.8, 4) is 0 Å². The van der Waals surface area contributed by atoms with Gasteiger partial charge in [-0.2, -0.15) is 5.10 Å². The van der Waals surface area contributed by atoms with Crippen LogP contribution >= 0.6 is 0 Å². The Bertz CT molecular complexity index is 855. The van der Waals surface area contributed by atoms with E-state index in [4.69, 9.17) is 4.74 Å². The second kappa shape index (κ2) is 10.1. The summed E-state index contributed by atoms with van der Waals surface area (Å²) in [7, 11) is 0. The quantitative estimate of drug-likeness (QED) is 0.625. The lowest BCUT2D eigenvalue weighted by Gasteiger charge is -2.38. The number of rotatable bonds is 8. The Morgan fingerprint density at radius 1 is 1.06 bits per heavy atom. The summed E-state index contributed by atoms with van der Waals surface area (Å²) in [4.78, 5) is 5.45. The molecule has 0 radical (unpaired) electrons. The average molecular weight is 437 g/mol. The topological polar surface area (TPSA) is 33.5 Å². The fourth-order valence-corrected chi connectivity index (χ4v) is 6.14. The highest BCUT2D eigenvalue weighted by Gasteiger charge is 2.31. The first-order valence-corrected chi connectivity index (χ1v) is 12.9. The Hall–Kier alpha value is -1.69. The molecule has 32 heavy (non-hydrogen) atoms. The molecule has 0 saturated carbocycles. The third-order valence-electron chi connectivity index (χ3n) is 8.10. The van der Waals surface area contributed by atoms with Crippen molar-refractivity contribution in [3.05, 3.63) is 52.8 Å². The standard InChI is InChI=1S/C27H40N4O/c1-3-31-21(2)25(17-28-31)19-29(20-27-9-6-14-32-27)18-22-10-12-30(13-11-22)26-15-23-7-4-5-8-24(23)16-26/h4-5,7-8,17,22,26-27H,3,6,9-16,18-20H2,1-2H3. The summed E-state index contributed by atoms with van der Waals surface area (Å²) in [6, 6.07) is 9.77. The van der Waals surface area contributed by atoms with Crippen molar-refractivity contribution in [2.75, 3.05) is 32.8 Å². The number of fused-ring (bicyclic) bond motifs is 1. The van der Waals surface area contributed by atoms with Gasteiger partial charge in [0, 0.05) is 50.1 Å². The molecule has 1 aromatic heterocycles. The van der Waals surface area contributed by atoms with Crippen LogP contribution in [-0.4, -0.2) is 64.5 Å². The lowest BCUT2D eigenvalue weighted by molar-refractivity contribution is 0.0541. The Kier molecular flexibility index (Phi) is 6.96. The molecule has 0 amide bonds. The van der Waals surface area contributed by atoms with Crippen LogP contribution in [0, 0.1) is 12.8 Å². The van der Waals surface area contributed by atoms with Gasteiger partial charge in [0.25, 0.3) is 0 Å². The number of ether oxygens (including phenoxy) is 1. The number of likely N-dealkylation sites (tertiary alicyclic amines) is 1. The summed E-state index contributed by atoms with van der Waals surface area (Å²) < 4.78 is 8.13. The lowest BCUT2D eigenvalue weighted by atomic mass is 9.94. The zero-order chi connectivity index (χ0) is 21.9. The van der Waals surface area contributed by atoms with E-state index in [0.29, 0.717) is 6.10 Å². The van der Waals surface area contributed by atoms with Crippen LogP contribution < -0.4 is 0 Å². The third kappa shape index (κ3) is 4.95. The maximum atomic E-state index is 6.01. The SMILES string of the molecule is CCn1ncc(CN(CC2CCN(C3Cc4ccccc4C3)CC2)CC2CCCO2)c1C. The van der Waals surface area contributed by atoms with E-state index in [1.807, 2.05) is 0 Å². The van der Waals surface area contributed by atoms with Gasteiger partial charge < -0.3 is 4.74 Å². The molecule has 5 rings (SSSR count). The Morgan fingerprint density at radius 3 is 2.44 bits per heavy atom. The van der Waals surface area contributed by atoms with Crippen molar-refractivity contribution in [1.29, 1.82) is 0 Å². The smallest absolute Gasteiger partial charge is 0.0702 e. The van der Waals surface area contributed by atoms with Gasteiger partial charge in [0.05, 0.1) is 12.3 Å². The van der Waals surface area contributed by atoms with Crippen LogP contribution in [0.15, 0.2) is 30.5 Å². The monoisotopic (exact) mass is 436 g/mol. The molecule has 0 spiro atoms. The van der Waals surface area contributed by atoms with Crippen molar-refractivity contribution in [1.82, 2.24) is 19.6 Å². The summed E-state index contributed by atoms with van der Waals surface area (Å²) in [6.45, 7) is 12.0. The molecule has 5 heteroatoms. The number of nitrogens with zero attached hydrogens (tertiary/aromatic N) is 4. The summed E-state index contributed by atoms with van der Waals surface area (Å²) in [5.74, 6) is 0.790. The molecular weight excluding hydrogens is 396 g/mol. The molecule has 0 bridgehead atoms. The fraction of sp³-hybridized carbons (Fsp3) is 0.667. The van der Waals surface area contributed by atoms with Gasteiger partial charge >= 0.3 is 0 Å². The van der Waals surface area contributed by atoms with Gasteiger partial charge in [0.15, 0.2) is 0 Å². The van der Waals surface area contributed by atoms with Crippen LogP contribution in [0.4, 0.5) is 0 Å². The first-order valence-electron chi connectivity index (χ1n) is 12.9. The van der Waals surface area contributed by atoms with E-state index in [2.05, 4.69) is 63.9 Å². The Morgan fingerprint density at radius 2 is 1.81 bits per heavy atom. The molecule has 5 nitrogen and oxygen atoms in total. The van der Waals surface area contributed by atoms with E-state index in [-0.39, 0.29) is 0 Å². The largest absolute Gasteiger partial charge is 0.377 e. The maximum Gasteiger partial charge on any atom is 0.0702 e. The van der Waals surface area contributed by atoms with Crippen LogP contribution in [0.3, 0.4) is 0 Å². The maximum absolute atomic E-state index is 6.01. The molecular formula is C27H40N4O. The molecule has 0 N–H and O–H groups in total. The van der Waals surface area contributed by atoms with Crippen LogP contribution in [0.5, 0.6) is 0 Å². The van der Waals surface area contributed by atoms with Crippen molar-refractivity contribution in [3.63, 3.8) is 0 Å². The molecule has 1 unspecified atom stereocenters. The highest BCUT2D eigenvalue weighted by Crippen LogP contribution is 2.29. The van der Waals surface area contributed by atoms with Crippen molar-refractivity contribution in [2.45, 2.75) is 77.6 Å². The van der Waals surface area contributed by atoms with Gasteiger partial charge in [-0.05, 0) is 82.5 Å². The zero-order valence-electron chi connectivity index (χ0n) is 20.0. The minimum absolute atomic E-state index is 0.411. The molecule has 2 saturated heterocycles. The van der Waals surface area contributed by atoms with Crippen molar-refractivity contribution < 1.29 is 4.74 Å².